The van der Waals surface area contributed by atoms with Crippen LogP contribution in [0.3, 0.4) is 0 Å². The van der Waals surface area contributed by atoms with Gasteiger partial charge in [0.1, 0.15) is 0 Å². The van der Waals surface area contributed by atoms with Gasteiger partial charge in [-0.15, -0.1) is 0 Å². The Balaban J connectivity index is 2.85. The Kier molecular flexibility index (Phi) is 11.9. The monoisotopic (exact) mass is 471 g/mol. The van der Waals surface area contributed by atoms with E-state index < -0.39 is 52.8 Å². The van der Waals surface area contributed by atoms with Crippen molar-refractivity contribution in [1.29, 1.82) is 0 Å². The molecule has 1 aromatic rings. The predicted octanol–water partition coefficient (Wildman–Crippen LogP) is 5.43. The van der Waals surface area contributed by atoms with Crippen molar-refractivity contribution >= 4 is 6.09 Å². The van der Waals surface area contributed by atoms with Crippen LogP contribution in [0.15, 0.2) is 0 Å². The number of methoxy groups -OCH3 is 3. The van der Waals surface area contributed by atoms with Gasteiger partial charge in [0.2, 0.25) is 34.8 Å². The molecule has 0 aliphatic rings. The fraction of sp³-hybridized carbons (Fsp3) is 0.667. The van der Waals surface area contributed by atoms with E-state index in [1.807, 2.05) is 0 Å². The van der Waals surface area contributed by atoms with Gasteiger partial charge in [-0.1, -0.05) is 45.4 Å². The summed E-state index contributed by atoms with van der Waals surface area (Å²) < 4.78 is 87.5. The van der Waals surface area contributed by atoms with E-state index in [4.69, 9.17) is 14.2 Å². The number of carbonyl (C=O) groups excluding carboxylic acids is 1. The maximum Gasteiger partial charge on any atom is 0.412 e. The number of hydrogen-bond acceptors (Lipinski definition) is 5. The summed E-state index contributed by atoms with van der Waals surface area (Å²) in [4.78, 5) is 12.0. The molecule has 0 aromatic heterocycles. The standard InChI is InChI=1S/C21H30F5NO5/c1-5-6-7-8-9-10-11-13(21(29-2,30-3)31-4)12-27-20(28)32-19-17(25)15(23)14(22)16(24)18(19)26/h13H,5-12H2,1-4H3,(H,27,28). The van der Waals surface area contributed by atoms with Gasteiger partial charge in [0.15, 0.2) is 0 Å². The normalized spacial score (nSPS) is 12.7. The molecule has 0 heterocycles. The molecule has 1 aromatic carbocycles. The zero-order valence-electron chi connectivity index (χ0n) is 18.7. The summed E-state index contributed by atoms with van der Waals surface area (Å²) in [6.07, 6.45) is 5.10. The van der Waals surface area contributed by atoms with Crippen LogP contribution >= 0.6 is 0 Å². The fourth-order valence-electron chi connectivity index (χ4n) is 3.33. The third kappa shape index (κ3) is 7.01. The molecule has 1 N–H and O–H groups in total. The number of carbonyl (C=O) groups is 1. The van der Waals surface area contributed by atoms with Gasteiger partial charge in [0.05, 0.1) is 5.92 Å². The Morgan fingerprint density at radius 1 is 0.812 bits per heavy atom. The zero-order chi connectivity index (χ0) is 24.3. The number of ether oxygens (including phenoxy) is 4. The second-order valence-electron chi connectivity index (χ2n) is 7.14. The number of halogens is 5. The highest BCUT2D eigenvalue weighted by Crippen LogP contribution is 2.30. The van der Waals surface area contributed by atoms with Gasteiger partial charge in [-0.05, 0) is 6.42 Å². The lowest BCUT2D eigenvalue weighted by molar-refractivity contribution is -0.378. The SMILES string of the molecule is CCCCCCCCC(CNC(=O)Oc1c(F)c(F)c(F)c(F)c1F)C(OC)(OC)OC. The summed E-state index contributed by atoms with van der Waals surface area (Å²) >= 11 is 0. The maximum absolute atomic E-state index is 13.7. The Bertz CT molecular complexity index is 709. The molecule has 0 saturated heterocycles. The van der Waals surface area contributed by atoms with E-state index >= 15 is 0 Å². The first kappa shape index (κ1) is 28.1. The number of rotatable bonds is 14. The Morgan fingerprint density at radius 3 is 1.78 bits per heavy atom. The van der Waals surface area contributed by atoms with Gasteiger partial charge >= 0.3 is 6.09 Å². The quantitative estimate of drug-likeness (QED) is 0.129. The molecule has 6 nitrogen and oxygen atoms in total. The lowest BCUT2D eigenvalue weighted by Gasteiger charge is -2.36. The van der Waals surface area contributed by atoms with E-state index in [2.05, 4.69) is 17.0 Å². The van der Waals surface area contributed by atoms with Crippen molar-refractivity contribution in [2.75, 3.05) is 27.9 Å². The molecule has 1 amide bonds. The number of nitrogens with one attached hydrogen (secondary N) is 1. The fourth-order valence-corrected chi connectivity index (χ4v) is 3.33. The Hall–Kier alpha value is -1.98. The van der Waals surface area contributed by atoms with Crippen LogP contribution in [0.4, 0.5) is 26.7 Å². The summed E-state index contributed by atoms with van der Waals surface area (Å²) in [6.45, 7) is 1.93. The van der Waals surface area contributed by atoms with E-state index in [0.717, 1.165) is 38.5 Å². The van der Waals surface area contributed by atoms with Crippen molar-refractivity contribution in [2.24, 2.45) is 5.92 Å². The minimum absolute atomic E-state index is 0.182. The molecule has 0 radical (unpaired) electrons. The van der Waals surface area contributed by atoms with E-state index in [1.54, 1.807) is 0 Å². The first-order valence-electron chi connectivity index (χ1n) is 10.3. The van der Waals surface area contributed by atoms with Gasteiger partial charge in [-0.25, -0.2) is 18.0 Å². The minimum Gasteiger partial charge on any atom is -0.404 e. The van der Waals surface area contributed by atoms with Crippen LogP contribution in [0.5, 0.6) is 5.75 Å². The topological polar surface area (TPSA) is 66.0 Å². The van der Waals surface area contributed by atoms with Gasteiger partial charge in [-0.3, -0.25) is 0 Å². The third-order valence-corrected chi connectivity index (χ3v) is 5.12. The van der Waals surface area contributed by atoms with Crippen LogP contribution in [0.25, 0.3) is 0 Å². The van der Waals surface area contributed by atoms with Crippen molar-refractivity contribution in [3.05, 3.63) is 29.1 Å². The smallest absolute Gasteiger partial charge is 0.404 e. The molecule has 11 heteroatoms. The third-order valence-electron chi connectivity index (χ3n) is 5.12. The van der Waals surface area contributed by atoms with E-state index in [9.17, 15) is 26.7 Å². The molecular formula is C21H30F5NO5. The number of unbranched alkanes of at least 4 members (excludes halogenated alkanes) is 5. The Labute approximate surface area is 184 Å². The summed E-state index contributed by atoms with van der Waals surface area (Å²) in [5, 5.41) is 2.24. The molecule has 32 heavy (non-hydrogen) atoms. The molecule has 0 fully saturated rings. The average molecular weight is 471 g/mol. The molecule has 1 atom stereocenters. The number of benzene rings is 1. The van der Waals surface area contributed by atoms with Gasteiger partial charge in [0, 0.05) is 27.9 Å². The van der Waals surface area contributed by atoms with Crippen LogP contribution in [-0.4, -0.2) is 39.9 Å². The molecule has 1 unspecified atom stereocenters. The highest BCUT2D eigenvalue weighted by molar-refractivity contribution is 5.70. The number of hydrogen-bond donors (Lipinski definition) is 1. The van der Waals surface area contributed by atoms with Crippen LogP contribution in [-0.2, 0) is 14.2 Å². The molecule has 0 saturated carbocycles. The van der Waals surface area contributed by atoms with Crippen LogP contribution in [0.2, 0.25) is 0 Å². The summed E-state index contributed by atoms with van der Waals surface area (Å²) in [5.74, 6) is -15.1. The molecule has 0 bridgehead atoms. The predicted molar refractivity (Wildman–Crippen MR) is 105 cm³/mol. The lowest BCUT2D eigenvalue weighted by atomic mass is 9.97. The zero-order valence-corrected chi connectivity index (χ0v) is 18.7. The van der Waals surface area contributed by atoms with Crippen molar-refractivity contribution in [3.63, 3.8) is 0 Å². The summed E-state index contributed by atoms with van der Waals surface area (Å²) in [5.41, 5.74) is 0. The van der Waals surface area contributed by atoms with Gasteiger partial charge in [-0.2, -0.15) is 8.78 Å². The van der Waals surface area contributed by atoms with Gasteiger partial charge in [0.25, 0.3) is 5.97 Å². The largest absolute Gasteiger partial charge is 0.412 e. The highest BCUT2D eigenvalue weighted by Gasteiger charge is 2.40. The molecule has 184 valence electrons. The molecular weight excluding hydrogens is 441 g/mol. The van der Waals surface area contributed by atoms with E-state index in [0.29, 0.717) is 6.42 Å². The lowest BCUT2D eigenvalue weighted by Crippen LogP contribution is -2.49. The van der Waals surface area contributed by atoms with Crippen LogP contribution in [0.1, 0.15) is 51.9 Å². The molecule has 0 aliphatic heterocycles. The Morgan fingerprint density at radius 2 is 1.28 bits per heavy atom. The average Bonchev–Trinajstić information content (AvgIpc) is 2.80. The first-order valence-corrected chi connectivity index (χ1v) is 10.3. The molecule has 0 aliphatic carbocycles. The molecule has 0 spiro atoms. The second kappa shape index (κ2) is 13.5. The minimum atomic E-state index is -2.35. The summed E-state index contributed by atoms with van der Waals surface area (Å²) in [7, 11) is 4.02. The van der Waals surface area contributed by atoms with Crippen LogP contribution < -0.4 is 10.1 Å². The van der Waals surface area contributed by atoms with Crippen LogP contribution in [0, 0.1) is 35.0 Å². The van der Waals surface area contributed by atoms with E-state index in [-0.39, 0.29) is 6.54 Å². The van der Waals surface area contributed by atoms with Crippen molar-refractivity contribution in [2.45, 2.75) is 57.8 Å². The summed E-state index contributed by atoms with van der Waals surface area (Å²) in [6, 6.07) is 0. The molecule has 1 rings (SSSR count). The maximum atomic E-state index is 13.7. The van der Waals surface area contributed by atoms with Crippen molar-refractivity contribution in [1.82, 2.24) is 5.32 Å². The van der Waals surface area contributed by atoms with Gasteiger partial charge < -0.3 is 24.3 Å². The first-order chi connectivity index (χ1) is 15.2. The van der Waals surface area contributed by atoms with Crippen molar-refractivity contribution in [3.8, 4) is 5.75 Å². The van der Waals surface area contributed by atoms with Crippen molar-refractivity contribution < 1.29 is 45.7 Å². The number of amides is 1. The highest BCUT2D eigenvalue weighted by atomic mass is 19.2. The second-order valence-corrected chi connectivity index (χ2v) is 7.14. The van der Waals surface area contributed by atoms with E-state index in [1.165, 1.54) is 21.3 Å².